The summed E-state index contributed by atoms with van der Waals surface area (Å²) in [5.74, 6) is 0.0388. The van der Waals surface area contributed by atoms with Crippen molar-refractivity contribution in [2.24, 2.45) is 10.7 Å². The van der Waals surface area contributed by atoms with Gasteiger partial charge in [-0.3, -0.25) is 4.99 Å². The van der Waals surface area contributed by atoms with Crippen LogP contribution in [0, 0.1) is 11.5 Å². The van der Waals surface area contributed by atoms with Gasteiger partial charge in [-0.15, -0.1) is 5.32 Å². The zero-order valence-corrected chi connectivity index (χ0v) is 6.84. The number of guanidine groups is 1. The molecule has 0 rings (SSSR count). The van der Waals surface area contributed by atoms with Gasteiger partial charge in [0.1, 0.15) is 0 Å². The molecule has 0 aromatic carbocycles. The zero-order valence-electron chi connectivity index (χ0n) is 6.03. The first-order valence-corrected chi connectivity index (χ1v) is 3.61. The van der Waals surface area contributed by atoms with Gasteiger partial charge in [0.25, 0.3) is 0 Å². The fraction of sp³-hybridized carbons (Fsp3) is 0.500. The third kappa shape index (κ3) is 6.74. The van der Waals surface area contributed by atoms with Crippen molar-refractivity contribution >= 4 is 23.5 Å². The van der Waals surface area contributed by atoms with E-state index in [-0.39, 0.29) is 5.96 Å². The van der Waals surface area contributed by atoms with Gasteiger partial charge in [-0.1, -0.05) is 12.2 Å². The summed E-state index contributed by atoms with van der Waals surface area (Å²) in [6.07, 6.45) is 3.23. The molecule has 0 amide bonds. The number of unbranched alkanes of at least 4 members (excludes halogenated alkanes) is 1. The van der Waals surface area contributed by atoms with E-state index in [2.05, 4.69) is 22.5 Å². The van der Waals surface area contributed by atoms with Crippen molar-refractivity contribution in [3.05, 3.63) is 0 Å². The number of nitriles is 1. The molecule has 1 radical (unpaired) electrons. The van der Waals surface area contributed by atoms with Crippen LogP contribution in [-0.4, -0.2) is 17.9 Å². The summed E-state index contributed by atoms with van der Waals surface area (Å²) in [5, 5.41) is 12.9. The number of nitrogens with two attached hydrogens (primary N) is 1. The Morgan fingerprint density at radius 2 is 2.45 bits per heavy atom. The van der Waals surface area contributed by atoms with Crippen LogP contribution in [-0.2, 0) is 0 Å². The summed E-state index contributed by atoms with van der Waals surface area (Å²) in [7, 11) is 0. The molecule has 0 atom stereocenters. The Kier molecular flexibility index (Phi) is 6.24. The van der Waals surface area contributed by atoms with Crippen LogP contribution in [0.4, 0.5) is 0 Å². The highest BCUT2D eigenvalue weighted by molar-refractivity contribution is 7.78. The molecular formula is C6H9N4S. The first kappa shape index (κ1) is 9.85. The predicted octanol–water partition coefficient (Wildman–Crippen LogP) is 0.166. The van der Waals surface area contributed by atoms with E-state index in [1.807, 2.05) is 0 Å². The Hall–Kier alpha value is -1.15. The van der Waals surface area contributed by atoms with Gasteiger partial charge in [0.2, 0.25) is 12.2 Å². The molecule has 0 aliphatic carbocycles. The van der Waals surface area contributed by atoms with Gasteiger partial charge in [-0.05, 0) is 18.2 Å². The molecule has 0 aliphatic heterocycles. The Labute approximate surface area is 71.1 Å². The van der Waals surface area contributed by atoms with Crippen LogP contribution < -0.4 is 11.1 Å². The summed E-state index contributed by atoms with van der Waals surface area (Å²) in [6.45, 7) is 0.574. The fourth-order valence-electron chi connectivity index (χ4n) is 0.455. The number of hydrogen-bond acceptors (Lipinski definition) is 3. The third-order valence-electron chi connectivity index (χ3n) is 0.918. The molecule has 4 nitrogen and oxygen atoms in total. The average molecular weight is 169 g/mol. The number of aliphatic imine (C=N–C) groups is 1. The highest BCUT2D eigenvalue weighted by Crippen LogP contribution is 1.85. The lowest BCUT2D eigenvalue weighted by atomic mass is 10.3. The molecule has 0 aromatic heterocycles. The summed E-state index contributed by atoms with van der Waals surface area (Å²) in [6, 6.07) is 0. The molecule has 0 saturated heterocycles. The number of nitrogens with zero attached hydrogens (tertiary/aromatic N) is 3. The highest BCUT2D eigenvalue weighted by atomic mass is 32.1. The maximum absolute atomic E-state index is 8.04. The Bertz CT molecular complexity index is 182. The van der Waals surface area contributed by atoms with E-state index in [9.17, 15) is 0 Å². The van der Waals surface area contributed by atoms with Crippen molar-refractivity contribution in [1.29, 1.82) is 5.26 Å². The summed E-state index contributed by atoms with van der Waals surface area (Å²) in [5.41, 5.74) is 5.19. The zero-order chi connectivity index (χ0) is 8.53. The molecule has 0 spiro atoms. The van der Waals surface area contributed by atoms with Crippen LogP contribution in [0.25, 0.3) is 0 Å². The van der Waals surface area contributed by atoms with Crippen molar-refractivity contribution < 1.29 is 0 Å². The standard InChI is InChI=1S/C6H9N4S/c7-5-10-6(8)9-3-1-2-4-11/h4H,1-3H2,(H2,8,9). The molecule has 0 saturated carbocycles. The second-order valence-corrected chi connectivity index (χ2v) is 2.09. The Morgan fingerprint density at radius 3 is 3.00 bits per heavy atom. The van der Waals surface area contributed by atoms with Crippen molar-refractivity contribution in [3.8, 4) is 6.19 Å². The predicted molar refractivity (Wildman–Crippen MR) is 47.1 cm³/mol. The van der Waals surface area contributed by atoms with Gasteiger partial charge in [-0.25, -0.2) is 0 Å². The van der Waals surface area contributed by atoms with Gasteiger partial charge < -0.3 is 5.73 Å². The minimum Gasteiger partial charge on any atom is -0.367 e. The van der Waals surface area contributed by atoms with Gasteiger partial charge in [0.05, 0.1) is 0 Å². The summed E-state index contributed by atoms with van der Waals surface area (Å²) in [4.78, 5) is 3.79. The first-order valence-electron chi connectivity index (χ1n) is 3.14. The van der Waals surface area contributed by atoms with E-state index in [0.717, 1.165) is 12.8 Å². The van der Waals surface area contributed by atoms with Crippen LogP contribution in [0.3, 0.4) is 0 Å². The van der Waals surface area contributed by atoms with Crippen LogP contribution in [0.2, 0.25) is 0 Å². The number of hydrogen-bond donors (Lipinski definition) is 1. The van der Waals surface area contributed by atoms with Crippen LogP contribution >= 0.6 is 12.2 Å². The first-order chi connectivity index (χ1) is 5.31. The quantitative estimate of drug-likeness (QED) is 0.214. The molecule has 2 N–H and O–H groups in total. The molecular weight excluding hydrogens is 160 g/mol. The summed E-state index contributed by atoms with van der Waals surface area (Å²) >= 11 is 4.60. The van der Waals surface area contributed by atoms with Gasteiger partial charge in [0, 0.05) is 6.54 Å². The maximum Gasteiger partial charge on any atom is 0.226 e. The van der Waals surface area contributed by atoms with E-state index in [1.165, 1.54) is 0 Å². The smallest absolute Gasteiger partial charge is 0.226 e. The van der Waals surface area contributed by atoms with Crippen LogP contribution in [0.15, 0.2) is 4.99 Å². The molecule has 59 valence electrons. The van der Waals surface area contributed by atoms with E-state index in [4.69, 9.17) is 11.0 Å². The fourth-order valence-corrected chi connectivity index (χ4v) is 0.621. The monoisotopic (exact) mass is 169 g/mol. The van der Waals surface area contributed by atoms with Gasteiger partial charge >= 0.3 is 0 Å². The van der Waals surface area contributed by atoms with Gasteiger partial charge in [-0.2, -0.15) is 5.26 Å². The molecule has 5 heteroatoms. The highest BCUT2D eigenvalue weighted by Gasteiger charge is 1.88. The lowest BCUT2D eigenvalue weighted by molar-refractivity contribution is 0.882. The van der Waals surface area contributed by atoms with E-state index in [0.29, 0.717) is 6.54 Å². The molecule has 0 unspecified atom stereocenters. The van der Waals surface area contributed by atoms with Crippen LogP contribution in [0.5, 0.6) is 0 Å². The van der Waals surface area contributed by atoms with Crippen molar-refractivity contribution in [1.82, 2.24) is 5.32 Å². The minimum absolute atomic E-state index is 0.0388. The second-order valence-electron chi connectivity index (χ2n) is 1.76. The largest absolute Gasteiger partial charge is 0.367 e. The molecule has 0 aromatic rings. The SMILES string of the molecule is N#C[N]C(N)=NCCCC=S. The normalized spacial score (nSPS) is 10.3. The molecule has 11 heavy (non-hydrogen) atoms. The van der Waals surface area contributed by atoms with Gasteiger partial charge in [0.15, 0.2) is 0 Å². The van der Waals surface area contributed by atoms with Crippen molar-refractivity contribution in [2.75, 3.05) is 6.54 Å². The molecule has 0 bridgehead atoms. The van der Waals surface area contributed by atoms with Crippen LogP contribution in [0.1, 0.15) is 12.8 Å². The molecule has 0 heterocycles. The number of thiocarbonyl (C=S) groups is 1. The molecule has 0 fully saturated rings. The van der Waals surface area contributed by atoms with Crippen molar-refractivity contribution in [3.63, 3.8) is 0 Å². The van der Waals surface area contributed by atoms with E-state index >= 15 is 0 Å². The lowest BCUT2D eigenvalue weighted by Crippen LogP contribution is -2.21. The molecule has 0 aliphatic rings. The van der Waals surface area contributed by atoms with E-state index < -0.39 is 0 Å². The third-order valence-corrected chi connectivity index (χ3v) is 1.15. The summed E-state index contributed by atoms with van der Waals surface area (Å²) < 4.78 is 0. The van der Waals surface area contributed by atoms with E-state index in [1.54, 1.807) is 11.6 Å². The number of rotatable bonds is 4. The average Bonchev–Trinajstić information content (AvgIpc) is 1.99. The Morgan fingerprint density at radius 1 is 1.73 bits per heavy atom. The maximum atomic E-state index is 8.04. The lowest BCUT2D eigenvalue weighted by Gasteiger charge is -1.91. The second kappa shape index (κ2) is 6.96. The van der Waals surface area contributed by atoms with Crippen molar-refractivity contribution in [2.45, 2.75) is 12.8 Å². The Balaban J connectivity index is 3.41. The topological polar surface area (TPSA) is 76.3 Å². The minimum atomic E-state index is 0.0388.